The summed E-state index contributed by atoms with van der Waals surface area (Å²) < 4.78 is 3.40. The number of nitriles is 1. The van der Waals surface area contributed by atoms with Crippen molar-refractivity contribution in [3.8, 4) is 11.8 Å². The van der Waals surface area contributed by atoms with Gasteiger partial charge in [-0.15, -0.1) is 0 Å². The van der Waals surface area contributed by atoms with Crippen molar-refractivity contribution in [1.82, 2.24) is 14.1 Å². The summed E-state index contributed by atoms with van der Waals surface area (Å²) in [5.74, 6) is 0. The van der Waals surface area contributed by atoms with Gasteiger partial charge in [0.1, 0.15) is 0 Å². The lowest BCUT2D eigenvalue weighted by Crippen LogP contribution is -2.21. The predicted molar refractivity (Wildman–Crippen MR) is 133 cm³/mol. The van der Waals surface area contributed by atoms with E-state index in [9.17, 15) is 10.1 Å². The molecule has 0 fully saturated rings. The molecule has 0 N–H and O–H groups in total. The summed E-state index contributed by atoms with van der Waals surface area (Å²) in [5.41, 5.74) is 5.81. The molecule has 0 spiro atoms. The monoisotopic (exact) mass is 434 g/mol. The first-order valence-corrected chi connectivity index (χ1v) is 11.3. The van der Waals surface area contributed by atoms with Crippen LogP contribution < -0.4 is 5.69 Å². The molecule has 33 heavy (non-hydrogen) atoms. The Morgan fingerprint density at radius 3 is 2.64 bits per heavy atom. The molecule has 0 saturated heterocycles. The number of hydrogen-bond donors (Lipinski definition) is 0. The summed E-state index contributed by atoms with van der Waals surface area (Å²) in [6.45, 7) is 3.78. The molecule has 1 aliphatic carbocycles. The number of nitrogens with zero attached hydrogens (tertiary/aromatic N) is 4. The molecule has 0 saturated carbocycles. The van der Waals surface area contributed by atoms with E-state index in [1.807, 2.05) is 44.2 Å². The lowest BCUT2D eigenvalue weighted by molar-refractivity contribution is 0.686. The Morgan fingerprint density at radius 2 is 1.88 bits per heavy atom. The molecule has 5 rings (SSSR count). The van der Waals surface area contributed by atoms with Crippen LogP contribution in [0, 0.1) is 11.3 Å². The first kappa shape index (κ1) is 21.0. The predicted octanol–water partition coefficient (Wildman–Crippen LogP) is 5.80. The van der Waals surface area contributed by atoms with Gasteiger partial charge >= 0.3 is 5.69 Å². The highest BCUT2D eigenvalue weighted by Crippen LogP contribution is 2.30. The number of imidazole rings is 1. The zero-order valence-electron chi connectivity index (χ0n) is 19.2. The second-order valence-corrected chi connectivity index (χ2v) is 9.18. The third kappa shape index (κ3) is 3.48. The Bertz CT molecular complexity index is 1540. The lowest BCUT2D eigenvalue weighted by Gasteiger charge is -2.16. The standard InChI is InChI=1S/C28H26N4O/c1-28(2,18-29)21-11-13-22(14-12-21)32-26-23-16-20(19-8-6-4-5-7-9-19)10-15-24(23)30-17-25(26)31(3)27(32)33/h6,8-17H,4-5,7H2,1-3H3. The Hall–Kier alpha value is -3.91. The van der Waals surface area contributed by atoms with Crippen molar-refractivity contribution < 1.29 is 0 Å². The number of rotatable bonds is 3. The van der Waals surface area contributed by atoms with Crippen LogP contribution in [0.2, 0.25) is 0 Å². The maximum absolute atomic E-state index is 13.3. The van der Waals surface area contributed by atoms with Gasteiger partial charge in [-0.25, -0.2) is 4.79 Å². The van der Waals surface area contributed by atoms with Gasteiger partial charge in [0.05, 0.1) is 39.9 Å². The number of aryl methyl sites for hydroxylation is 1. The Balaban J connectivity index is 1.76. The SMILES string of the molecule is Cn1c(=O)n(-c2ccc(C(C)(C)C#N)cc2)c2c3cc(C4=CCCCC=C4)ccc3ncc21. The van der Waals surface area contributed by atoms with Gasteiger partial charge in [0, 0.05) is 12.4 Å². The highest BCUT2D eigenvalue weighted by molar-refractivity contribution is 6.04. The van der Waals surface area contributed by atoms with E-state index < -0.39 is 5.41 Å². The molecular weight excluding hydrogens is 408 g/mol. The van der Waals surface area contributed by atoms with Gasteiger partial charge in [-0.2, -0.15) is 5.26 Å². The van der Waals surface area contributed by atoms with E-state index in [4.69, 9.17) is 0 Å². The van der Waals surface area contributed by atoms with Crippen molar-refractivity contribution in [2.75, 3.05) is 0 Å². The third-order valence-corrected chi connectivity index (χ3v) is 6.58. The number of aromatic nitrogens is 3. The van der Waals surface area contributed by atoms with Crippen LogP contribution >= 0.6 is 0 Å². The summed E-state index contributed by atoms with van der Waals surface area (Å²) in [4.78, 5) is 18.0. The summed E-state index contributed by atoms with van der Waals surface area (Å²) >= 11 is 0. The number of fused-ring (bicyclic) bond motifs is 3. The molecule has 5 nitrogen and oxygen atoms in total. The van der Waals surface area contributed by atoms with Gasteiger partial charge in [-0.05, 0) is 74.1 Å². The van der Waals surface area contributed by atoms with Crippen LogP contribution in [0.25, 0.3) is 33.2 Å². The zero-order valence-corrected chi connectivity index (χ0v) is 19.2. The molecular formula is C28H26N4O. The lowest BCUT2D eigenvalue weighted by atomic mass is 9.86. The highest BCUT2D eigenvalue weighted by atomic mass is 16.1. The molecule has 0 bridgehead atoms. The Labute approximate surface area is 192 Å². The fourth-order valence-corrected chi connectivity index (χ4v) is 4.49. The van der Waals surface area contributed by atoms with Crippen molar-refractivity contribution in [3.63, 3.8) is 0 Å². The summed E-state index contributed by atoms with van der Waals surface area (Å²) in [6.07, 6.45) is 11.8. The van der Waals surface area contributed by atoms with E-state index in [0.717, 1.165) is 58.0 Å². The average molecular weight is 435 g/mol. The zero-order chi connectivity index (χ0) is 23.2. The Kier molecular flexibility index (Phi) is 5.02. The van der Waals surface area contributed by atoms with E-state index in [0.29, 0.717) is 0 Å². The molecule has 1 aliphatic rings. The van der Waals surface area contributed by atoms with Crippen molar-refractivity contribution >= 4 is 27.5 Å². The fourth-order valence-electron chi connectivity index (χ4n) is 4.49. The molecule has 2 heterocycles. The van der Waals surface area contributed by atoms with E-state index >= 15 is 0 Å². The number of pyridine rings is 1. The van der Waals surface area contributed by atoms with Crippen LogP contribution in [0.5, 0.6) is 0 Å². The third-order valence-electron chi connectivity index (χ3n) is 6.58. The topological polar surface area (TPSA) is 63.6 Å². The van der Waals surface area contributed by atoms with E-state index in [1.54, 1.807) is 22.4 Å². The van der Waals surface area contributed by atoms with Crippen molar-refractivity contribution in [2.45, 2.75) is 38.5 Å². The minimum absolute atomic E-state index is 0.120. The van der Waals surface area contributed by atoms with Crippen molar-refractivity contribution in [1.29, 1.82) is 5.26 Å². The van der Waals surface area contributed by atoms with Gasteiger partial charge in [0.15, 0.2) is 0 Å². The van der Waals surface area contributed by atoms with Crippen LogP contribution in [0.1, 0.15) is 44.2 Å². The van der Waals surface area contributed by atoms with Crippen LogP contribution in [0.15, 0.2) is 71.7 Å². The van der Waals surface area contributed by atoms with E-state index in [1.165, 1.54) is 5.57 Å². The molecule has 0 unspecified atom stereocenters. The van der Waals surface area contributed by atoms with Crippen LogP contribution in [0.4, 0.5) is 0 Å². The second-order valence-electron chi connectivity index (χ2n) is 9.18. The van der Waals surface area contributed by atoms with E-state index in [-0.39, 0.29) is 5.69 Å². The number of allylic oxidation sites excluding steroid dienone is 4. The highest BCUT2D eigenvalue weighted by Gasteiger charge is 2.21. The number of benzene rings is 2. The first-order valence-electron chi connectivity index (χ1n) is 11.3. The first-order chi connectivity index (χ1) is 15.9. The van der Waals surface area contributed by atoms with Gasteiger partial charge in [-0.1, -0.05) is 36.4 Å². The minimum Gasteiger partial charge on any atom is -0.293 e. The summed E-state index contributed by atoms with van der Waals surface area (Å²) in [5, 5.41) is 10.4. The van der Waals surface area contributed by atoms with Gasteiger partial charge in [-0.3, -0.25) is 14.1 Å². The summed E-state index contributed by atoms with van der Waals surface area (Å²) in [7, 11) is 1.78. The number of hydrogen-bond acceptors (Lipinski definition) is 3. The molecule has 2 aromatic carbocycles. The van der Waals surface area contributed by atoms with Crippen LogP contribution in [0.3, 0.4) is 0 Å². The van der Waals surface area contributed by atoms with Crippen LogP contribution in [-0.4, -0.2) is 14.1 Å². The minimum atomic E-state index is -0.590. The molecule has 164 valence electrons. The fraction of sp³-hybridized carbons (Fsp3) is 0.250. The smallest absolute Gasteiger partial charge is 0.293 e. The molecule has 0 amide bonds. The van der Waals surface area contributed by atoms with Crippen molar-refractivity contribution in [3.05, 3.63) is 88.5 Å². The quantitative estimate of drug-likeness (QED) is 0.409. The maximum atomic E-state index is 13.3. The molecule has 0 radical (unpaired) electrons. The van der Waals surface area contributed by atoms with Crippen LogP contribution in [-0.2, 0) is 12.5 Å². The molecule has 0 atom stereocenters. The van der Waals surface area contributed by atoms with Crippen molar-refractivity contribution in [2.24, 2.45) is 7.05 Å². The maximum Gasteiger partial charge on any atom is 0.333 e. The molecule has 2 aromatic heterocycles. The summed E-state index contributed by atoms with van der Waals surface area (Å²) in [6, 6.07) is 16.3. The normalized spacial score (nSPS) is 14.3. The van der Waals surface area contributed by atoms with E-state index in [2.05, 4.69) is 41.4 Å². The van der Waals surface area contributed by atoms with Gasteiger partial charge in [0.25, 0.3) is 0 Å². The molecule has 0 aliphatic heterocycles. The molecule has 5 heteroatoms. The van der Waals surface area contributed by atoms with Gasteiger partial charge in [0.2, 0.25) is 0 Å². The Morgan fingerprint density at radius 1 is 1.09 bits per heavy atom. The largest absolute Gasteiger partial charge is 0.333 e. The second kappa shape index (κ2) is 7.90. The van der Waals surface area contributed by atoms with Gasteiger partial charge < -0.3 is 0 Å². The molecule has 4 aromatic rings. The average Bonchev–Trinajstić information content (AvgIpc) is 3.00.